The minimum absolute atomic E-state index is 0.0925. The molecule has 1 aromatic heterocycles. The average molecular weight is 352 g/mol. The van der Waals surface area contributed by atoms with E-state index in [1.165, 1.54) is 20.5 Å². The van der Waals surface area contributed by atoms with Crippen molar-refractivity contribution < 1.29 is 4.74 Å². The Labute approximate surface area is 132 Å². The van der Waals surface area contributed by atoms with Gasteiger partial charge >= 0.3 is 0 Å². The molecule has 1 aliphatic rings. The summed E-state index contributed by atoms with van der Waals surface area (Å²) in [5.41, 5.74) is 2.74. The van der Waals surface area contributed by atoms with Crippen molar-refractivity contribution in [3.63, 3.8) is 0 Å². The number of ether oxygens (including phenoxy) is 1. The second kappa shape index (κ2) is 6.39. The molecule has 1 aliphatic heterocycles. The van der Waals surface area contributed by atoms with Crippen LogP contribution >= 0.6 is 27.3 Å². The fourth-order valence-corrected chi connectivity index (χ4v) is 4.50. The zero-order chi connectivity index (χ0) is 13.9. The third kappa shape index (κ3) is 2.70. The third-order valence-corrected chi connectivity index (χ3v) is 5.64. The lowest BCUT2D eigenvalue weighted by atomic mass is 9.92. The van der Waals surface area contributed by atoms with Gasteiger partial charge in [-0.2, -0.15) is 0 Å². The number of likely N-dealkylation sites (N-methyl/N-ethyl adjacent to an activating group) is 1. The Bertz CT molecular complexity index is 583. The quantitative estimate of drug-likeness (QED) is 0.876. The summed E-state index contributed by atoms with van der Waals surface area (Å²) < 4.78 is 7.29. The lowest BCUT2D eigenvalue weighted by molar-refractivity contribution is 0.0158. The molecule has 2 aromatic rings. The molecule has 106 valence electrons. The Kier molecular flexibility index (Phi) is 4.56. The molecule has 0 saturated heterocycles. The SMILES string of the molecule is CCNC(c1sccc1Br)C1OCCc2ccccc21. The Balaban J connectivity index is 1.99. The number of nitrogens with one attached hydrogen (secondary N) is 1. The number of thiophene rings is 1. The smallest absolute Gasteiger partial charge is 0.103 e. The van der Waals surface area contributed by atoms with Gasteiger partial charge in [0.15, 0.2) is 0 Å². The largest absolute Gasteiger partial charge is 0.371 e. The van der Waals surface area contributed by atoms with Gasteiger partial charge in [0, 0.05) is 9.35 Å². The fourth-order valence-electron chi connectivity index (χ4n) is 2.79. The maximum Gasteiger partial charge on any atom is 0.103 e. The van der Waals surface area contributed by atoms with E-state index in [4.69, 9.17) is 4.74 Å². The van der Waals surface area contributed by atoms with Crippen LogP contribution in [0.15, 0.2) is 40.2 Å². The van der Waals surface area contributed by atoms with Gasteiger partial charge in [0.25, 0.3) is 0 Å². The predicted molar refractivity (Wildman–Crippen MR) is 87.3 cm³/mol. The first-order valence-corrected chi connectivity index (χ1v) is 8.64. The van der Waals surface area contributed by atoms with Crippen LogP contribution < -0.4 is 5.32 Å². The molecule has 0 spiro atoms. The standard InChI is InChI=1S/C16H18BrNOS/c1-2-18-14(16-13(17)8-10-20-16)15-12-6-4-3-5-11(12)7-9-19-15/h3-6,8,10,14-15,18H,2,7,9H2,1H3. The average Bonchev–Trinajstić information content (AvgIpc) is 2.90. The van der Waals surface area contributed by atoms with Crippen molar-refractivity contribution in [2.24, 2.45) is 0 Å². The molecule has 0 amide bonds. The topological polar surface area (TPSA) is 21.3 Å². The zero-order valence-corrected chi connectivity index (χ0v) is 13.8. The van der Waals surface area contributed by atoms with Gasteiger partial charge in [-0.3, -0.25) is 0 Å². The van der Waals surface area contributed by atoms with E-state index in [0.29, 0.717) is 0 Å². The van der Waals surface area contributed by atoms with Crippen LogP contribution in [-0.4, -0.2) is 13.2 Å². The van der Waals surface area contributed by atoms with E-state index >= 15 is 0 Å². The lowest BCUT2D eigenvalue weighted by Crippen LogP contribution is -2.31. The fraction of sp³-hybridized carbons (Fsp3) is 0.375. The van der Waals surface area contributed by atoms with Gasteiger partial charge in [-0.1, -0.05) is 31.2 Å². The van der Waals surface area contributed by atoms with E-state index in [9.17, 15) is 0 Å². The highest BCUT2D eigenvalue weighted by molar-refractivity contribution is 9.10. The van der Waals surface area contributed by atoms with Gasteiger partial charge < -0.3 is 10.1 Å². The molecule has 3 rings (SSSR count). The van der Waals surface area contributed by atoms with Crippen LogP contribution in [0.1, 0.15) is 35.1 Å². The highest BCUT2D eigenvalue weighted by Gasteiger charge is 2.31. The lowest BCUT2D eigenvalue weighted by Gasteiger charge is -2.32. The Morgan fingerprint density at radius 3 is 3.00 bits per heavy atom. The van der Waals surface area contributed by atoms with Crippen molar-refractivity contribution in [2.75, 3.05) is 13.2 Å². The van der Waals surface area contributed by atoms with Crippen LogP contribution in [0.4, 0.5) is 0 Å². The molecule has 0 fully saturated rings. The van der Waals surface area contributed by atoms with Crippen molar-refractivity contribution >= 4 is 27.3 Å². The van der Waals surface area contributed by atoms with Crippen molar-refractivity contribution in [2.45, 2.75) is 25.5 Å². The Hall–Kier alpha value is -0.680. The summed E-state index contributed by atoms with van der Waals surface area (Å²) in [7, 11) is 0. The molecule has 0 aliphatic carbocycles. The summed E-state index contributed by atoms with van der Waals surface area (Å²) in [5.74, 6) is 0. The van der Waals surface area contributed by atoms with E-state index < -0.39 is 0 Å². The Morgan fingerprint density at radius 1 is 1.40 bits per heavy atom. The molecule has 20 heavy (non-hydrogen) atoms. The second-order valence-corrected chi connectivity index (χ2v) is 6.71. The monoisotopic (exact) mass is 351 g/mol. The van der Waals surface area contributed by atoms with Gasteiger partial charge in [-0.25, -0.2) is 0 Å². The molecule has 0 radical (unpaired) electrons. The van der Waals surface area contributed by atoms with Crippen molar-refractivity contribution in [1.29, 1.82) is 0 Å². The highest BCUT2D eigenvalue weighted by atomic mass is 79.9. The minimum Gasteiger partial charge on any atom is -0.371 e. The van der Waals surface area contributed by atoms with Gasteiger partial charge in [-0.15, -0.1) is 11.3 Å². The molecule has 0 saturated carbocycles. The third-order valence-electron chi connectivity index (χ3n) is 3.68. The predicted octanol–water partition coefficient (Wildman–Crippen LogP) is 4.48. The van der Waals surface area contributed by atoms with E-state index in [-0.39, 0.29) is 12.1 Å². The summed E-state index contributed by atoms with van der Waals surface area (Å²) in [6, 6.07) is 11.0. The first-order chi connectivity index (χ1) is 9.81. The molecule has 0 bridgehead atoms. The zero-order valence-electron chi connectivity index (χ0n) is 11.4. The molecule has 2 heterocycles. The number of halogens is 1. The summed E-state index contributed by atoms with van der Waals surface area (Å²) in [4.78, 5) is 1.31. The van der Waals surface area contributed by atoms with Crippen molar-refractivity contribution in [3.8, 4) is 0 Å². The minimum atomic E-state index is 0.0925. The second-order valence-electron chi connectivity index (χ2n) is 4.91. The summed E-state index contributed by atoms with van der Waals surface area (Å²) in [5, 5.41) is 5.72. The summed E-state index contributed by atoms with van der Waals surface area (Å²) in [6.07, 6.45) is 1.10. The van der Waals surface area contributed by atoms with Crippen LogP contribution in [0.5, 0.6) is 0 Å². The normalized spacial score (nSPS) is 19.6. The molecule has 4 heteroatoms. The van der Waals surface area contributed by atoms with Crippen LogP contribution in [0.25, 0.3) is 0 Å². The van der Waals surface area contributed by atoms with Gasteiger partial charge in [0.2, 0.25) is 0 Å². The van der Waals surface area contributed by atoms with Crippen LogP contribution in [-0.2, 0) is 11.2 Å². The number of hydrogen-bond donors (Lipinski definition) is 1. The summed E-state index contributed by atoms with van der Waals surface area (Å²) in [6.45, 7) is 3.87. The highest BCUT2D eigenvalue weighted by Crippen LogP contribution is 2.41. The maximum absolute atomic E-state index is 6.12. The Morgan fingerprint density at radius 2 is 2.25 bits per heavy atom. The first-order valence-electron chi connectivity index (χ1n) is 6.97. The molecule has 1 N–H and O–H groups in total. The van der Waals surface area contributed by atoms with Crippen molar-refractivity contribution in [3.05, 3.63) is 56.2 Å². The van der Waals surface area contributed by atoms with E-state index in [2.05, 4.69) is 63.9 Å². The van der Waals surface area contributed by atoms with Gasteiger partial charge in [0.1, 0.15) is 6.10 Å². The van der Waals surface area contributed by atoms with E-state index in [0.717, 1.165) is 19.6 Å². The molecule has 1 aromatic carbocycles. The molecule has 2 unspecified atom stereocenters. The van der Waals surface area contributed by atoms with E-state index in [1.54, 1.807) is 11.3 Å². The van der Waals surface area contributed by atoms with Crippen molar-refractivity contribution in [1.82, 2.24) is 5.32 Å². The molecular formula is C16H18BrNOS. The number of benzene rings is 1. The van der Waals surface area contributed by atoms with E-state index in [1.807, 2.05) is 0 Å². The maximum atomic E-state index is 6.12. The van der Waals surface area contributed by atoms with Crippen LogP contribution in [0.3, 0.4) is 0 Å². The number of rotatable bonds is 4. The van der Waals surface area contributed by atoms with Crippen LogP contribution in [0, 0.1) is 0 Å². The van der Waals surface area contributed by atoms with Gasteiger partial charge in [-0.05, 0) is 51.5 Å². The van der Waals surface area contributed by atoms with Gasteiger partial charge in [0.05, 0.1) is 12.6 Å². The molecule has 2 nitrogen and oxygen atoms in total. The molecule has 2 atom stereocenters. The first kappa shape index (κ1) is 14.3. The number of fused-ring (bicyclic) bond motifs is 1. The summed E-state index contributed by atoms with van der Waals surface area (Å²) >= 11 is 5.43. The molecular weight excluding hydrogens is 334 g/mol. The number of hydrogen-bond acceptors (Lipinski definition) is 3. The van der Waals surface area contributed by atoms with Crippen LogP contribution in [0.2, 0.25) is 0 Å².